The molecule has 2 saturated heterocycles. The van der Waals surface area contributed by atoms with Crippen LogP contribution in [0.25, 0.3) is 0 Å². The highest BCUT2D eigenvalue weighted by molar-refractivity contribution is 5.79. The van der Waals surface area contributed by atoms with Gasteiger partial charge < -0.3 is 9.80 Å². The molecule has 3 atom stereocenters. The molecule has 3 heteroatoms. The number of nitrogens with zero attached hydrogens (tertiary/aromatic N) is 2. The topological polar surface area (TPSA) is 23.6 Å². The molecule has 1 amide bonds. The number of allylic oxidation sites excluding steroid dienone is 1. The van der Waals surface area contributed by atoms with Gasteiger partial charge in [-0.1, -0.05) is 60.7 Å². The Balaban J connectivity index is 1.18. The molecule has 2 aromatic carbocycles. The summed E-state index contributed by atoms with van der Waals surface area (Å²) >= 11 is 0. The van der Waals surface area contributed by atoms with Gasteiger partial charge in [-0.15, -0.1) is 0 Å². The van der Waals surface area contributed by atoms with Crippen LogP contribution in [-0.2, 0) is 17.6 Å². The average molecular weight is 415 g/mol. The van der Waals surface area contributed by atoms with Gasteiger partial charge in [-0.25, -0.2) is 0 Å². The van der Waals surface area contributed by atoms with Crippen molar-refractivity contribution in [1.82, 2.24) is 9.80 Å². The number of hydrogen-bond acceptors (Lipinski definition) is 2. The summed E-state index contributed by atoms with van der Waals surface area (Å²) in [4.78, 5) is 17.5. The first-order chi connectivity index (χ1) is 15.2. The SMILES string of the molecule is CC1CCCN1CCc1ccc([C@@H]2CC=C3CN(C(=O)Cc4ccccc4)C[C@@H]32)cc1. The van der Waals surface area contributed by atoms with Crippen molar-refractivity contribution in [3.05, 3.63) is 82.9 Å². The van der Waals surface area contributed by atoms with E-state index in [0.717, 1.165) is 37.5 Å². The Morgan fingerprint density at radius 1 is 1.00 bits per heavy atom. The quantitative estimate of drug-likeness (QED) is 0.632. The predicted molar refractivity (Wildman–Crippen MR) is 126 cm³/mol. The van der Waals surface area contributed by atoms with Gasteiger partial charge in [-0.05, 0) is 67.3 Å². The van der Waals surface area contributed by atoms with E-state index >= 15 is 0 Å². The maximum absolute atomic E-state index is 12.8. The first-order valence-corrected chi connectivity index (χ1v) is 12.0. The third-order valence-corrected chi connectivity index (χ3v) is 7.72. The van der Waals surface area contributed by atoms with E-state index in [4.69, 9.17) is 0 Å². The second kappa shape index (κ2) is 9.00. The van der Waals surface area contributed by atoms with Gasteiger partial charge in [0.05, 0.1) is 6.42 Å². The Kier molecular flexibility index (Phi) is 5.95. The Labute approximate surface area is 186 Å². The van der Waals surface area contributed by atoms with E-state index in [9.17, 15) is 4.79 Å². The van der Waals surface area contributed by atoms with Crippen LogP contribution in [0.3, 0.4) is 0 Å². The number of hydrogen-bond donors (Lipinski definition) is 0. The molecule has 0 saturated carbocycles. The number of carbonyl (C=O) groups excluding carboxylic acids is 1. The van der Waals surface area contributed by atoms with Crippen molar-refractivity contribution in [2.24, 2.45) is 5.92 Å². The summed E-state index contributed by atoms with van der Waals surface area (Å²) in [6.45, 7) is 6.49. The van der Waals surface area contributed by atoms with Gasteiger partial charge in [0.15, 0.2) is 0 Å². The zero-order chi connectivity index (χ0) is 21.2. The summed E-state index contributed by atoms with van der Waals surface area (Å²) in [6, 6.07) is 20.2. The monoisotopic (exact) mass is 414 g/mol. The molecule has 31 heavy (non-hydrogen) atoms. The fourth-order valence-corrected chi connectivity index (χ4v) is 5.77. The van der Waals surface area contributed by atoms with Gasteiger partial charge in [-0.3, -0.25) is 4.79 Å². The van der Waals surface area contributed by atoms with Crippen molar-refractivity contribution in [1.29, 1.82) is 0 Å². The number of amides is 1. The van der Waals surface area contributed by atoms with Crippen LogP contribution in [0.2, 0.25) is 0 Å². The molecule has 2 fully saturated rings. The van der Waals surface area contributed by atoms with Crippen molar-refractivity contribution >= 4 is 5.91 Å². The van der Waals surface area contributed by atoms with E-state index in [1.54, 1.807) is 0 Å². The minimum Gasteiger partial charge on any atom is -0.338 e. The summed E-state index contributed by atoms with van der Waals surface area (Å²) in [7, 11) is 0. The van der Waals surface area contributed by atoms with Crippen LogP contribution < -0.4 is 0 Å². The molecule has 3 aliphatic rings. The van der Waals surface area contributed by atoms with Crippen molar-refractivity contribution in [2.75, 3.05) is 26.2 Å². The second-order valence-electron chi connectivity index (χ2n) is 9.68. The molecule has 2 heterocycles. The maximum Gasteiger partial charge on any atom is 0.227 e. The summed E-state index contributed by atoms with van der Waals surface area (Å²) < 4.78 is 0. The standard InChI is InChI=1S/C28H34N2O/c1-21-6-5-16-29(21)17-15-22-9-11-24(12-10-22)26-14-13-25-19-30(20-27(25)26)28(31)18-23-7-3-2-4-8-23/h2-4,7-13,21,26-27H,5-6,14-20H2,1H3/t21?,26-,27-/m0/s1. The van der Waals surface area contributed by atoms with Gasteiger partial charge in [0.1, 0.15) is 0 Å². The fourth-order valence-electron chi connectivity index (χ4n) is 5.77. The lowest BCUT2D eigenvalue weighted by Crippen LogP contribution is -2.31. The van der Waals surface area contributed by atoms with Gasteiger partial charge in [-0.2, -0.15) is 0 Å². The number of fused-ring (bicyclic) bond motifs is 1. The molecule has 2 aromatic rings. The molecule has 0 spiro atoms. The highest BCUT2D eigenvalue weighted by Gasteiger charge is 2.39. The Morgan fingerprint density at radius 2 is 1.81 bits per heavy atom. The van der Waals surface area contributed by atoms with E-state index in [2.05, 4.69) is 47.1 Å². The largest absolute Gasteiger partial charge is 0.338 e. The molecule has 5 rings (SSSR count). The zero-order valence-electron chi connectivity index (χ0n) is 18.7. The van der Waals surface area contributed by atoms with Crippen LogP contribution in [0.1, 0.15) is 48.8 Å². The van der Waals surface area contributed by atoms with Crippen molar-refractivity contribution in [3.8, 4) is 0 Å². The Morgan fingerprint density at radius 3 is 2.55 bits per heavy atom. The Bertz CT molecular complexity index is 933. The number of carbonyl (C=O) groups is 1. The lowest BCUT2D eigenvalue weighted by Gasteiger charge is -2.22. The molecule has 162 valence electrons. The molecule has 0 radical (unpaired) electrons. The molecule has 2 aliphatic heterocycles. The molecule has 0 N–H and O–H groups in total. The number of likely N-dealkylation sites (tertiary alicyclic amines) is 2. The van der Waals surface area contributed by atoms with E-state index in [1.807, 2.05) is 30.3 Å². The van der Waals surface area contributed by atoms with Gasteiger partial charge >= 0.3 is 0 Å². The zero-order valence-corrected chi connectivity index (χ0v) is 18.7. The van der Waals surface area contributed by atoms with E-state index in [-0.39, 0.29) is 5.91 Å². The van der Waals surface area contributed by atoms with Gasteiger partial charge in [0, 0.05) is 31.6 Å². The Hall–Kier alpha value is -2.39. The van der Waals surface area contributed by atoms with E-state index in [0.29, 0.717) is 18.3 Å². The maximum atomic E-state index is 12.8. The third kappa shape index (κ3) is 4.48. The van der Waals surface area contributed by atoms with Gasteiger partial charge in [0.25, 0.3) is 0 Å². The first kappa shape index (κ1) is 20.5. The van der Waals surface area contributed by atoms with Crippen LogP contribution in [0.15, 0.2) is 66.2 Å². The molecule has 1 aliphatic carbocycles. The average Bonchev–Trinajstić information content (AvgIpc) is 3.49. The molecular formula is C28H34N2O. The molecular weight excluding hydrogens is 380 g/mol. The van der Waals surface area contributed by atoms with Crippen molar-refractivity contribution in [3.63, 3.8) is 0 Å². The van der Waals surface area contributed by atoms with Crippen molar-refractivity contribution in [2.45, 2.75) is 51.0 Å². The molecule has 1 unspecified atom stereocenters. The smallest absolute Gasteiger partial charge is 0.227 e. The normalized spacial score (nSPS) is 25.6. The lowest BCUT2D eigenvalue weighted by molar-refractivity contribution is -0.129. The summed E-state index contributed by atoms with van der Waals surface area (Å²) in [5.74, 6) is 1.28. The van der Waals surface area contributed by atoms with Crippen molar-refractivity contribution < 1.29 is 4.79 Å². The summed E-state index contributed by atoms with van der Waals surface area (Å²) in [5, 5.41) is 0. The molecule has 0 aromatic heterocycles. The molecule has 3 nitrogen and oxygen atoms in total. The van der Waals surface area contributed by atoms with E-state index in [1.165, 1.54) is 42.6 Å². The molecule has 0 bridgehead atoms. The fraction of sp³-hybridized carbons (Fsp3) is 0.464. The van der Waals surface area contributed by atoms with Crippen LogP contribution in [0.4, 0.5) is 0 Å². The van der Waals surface area contributed by atoms with Gasteiger partial charge in [0.2, 0.25) is 5.91 Å². The highest BCUT2D eigenvalue weighted by Crippen LogP contribution is 2.43. The minimum absolute atomic E-state index is 0.256. The first-order valence-electron chi connectivity index (χ1n) is 12.0. The minimum atomic E-state index is 0.256. The van der Waals surface area contributed by atoms with Crippen LogP contribution >= 0.6 is 0 Å². The summed E-state index contributed by atoms with van der Waals surface area (Å²) in [6.07, 6.45) is 7.87. The highest BCUT2D eigenvalue weighted by atomic mass is 16.2. The van der Waals surface area contributed by atoms with Crippen LogP contribution in [-0.4, -0.2) is 47.9 Å². The summed E-state index contributed by atoms with van der Waals surface area (Å²) in [5.41, 5.74) is 5.46. The van der Waals surface area contributed by atoms with Crippen LogP contribution in [0.5, 0.6) is 0 Å². The predicted octanol–water partition coefficient (Wildman–Crippen LogP) is 4.83. The lowest BCUT2D eigenvalue weighted by atomic mass is 9.86. The second-order valence-corrected chi connectivity index (χ2v) is 9.68. The third-order valence-electron chi connectivity index (χ3n) is 7.72. The van der Waals surface area contributed by atoms with Crippen LogP contribution in [0, 0.1) is 5.92 Å². The number of rotatable bonds is 6. The van der Waals surface area contributed by atoms with E-state index < -0.39 is 0 Å². The number of benzene rings is 2.